The van der Waals surface area contributed by atoms with Crippen molar-refractivity contribution in [3.05, 3.63) is 29.8 Å². The van der Waals surface area contributed by atoms with Crippen molar-refractivity contribution in [2.45, 2.75) is 32.7 Å². The second-order valence-corrected chi connectivity index (χ2v) is 7.49. The van der Waals surface area contributed by atoms with Crippen molar-refractivity contribution in [1.29, 1.82) is 0 Å². The van der Waals surface area contributed by atoms with E-state index in [0.29, 0.717) is 12.1 Å². The molecule has 2 unspecified atom stereocenters. The van der Waals surface area contributed by atoms with Gasteiger partial charge < -0.3 is 16.0 Å². The predicted molar refractivity (Wildman–Crippen MR) is 100 cm³/mol. The first kappa shape index (κ1) is 18.8. The molecular weight excluding hydrogens is 322 g/mol. The standard InChI is InChI=1S/C18H27N3O2S/c1-3-13(2)17(19)18(23)20-15-6-4-14(5-7-15)12-16(22)21-8-10-24-11-9-21/h4-7,13,17H,3,8-12,19H2,1-2H3,(H,20,23). The number of anilines is 1. The summed E-state index contributed by atoms with van der Waals surface area (Å²) in [4.78, 5) is 26.3. The highest BCUT2D eigenvalue weighted by atomic mass is 32.2. The third-order valence-corrected chi connectivity index (χ3v) is 5.44. The van der Waals surface area contributed by atoms with Gasteiger partial charge in [-0.05, 0) is 23.6 Å². The van der Waals surface area contributed by atoms with Crippen molar-refractivity contribution in [1.82, 2.24) is 4.90 Å². The molecule has 1 aromatic carbocycles. The minimum atomic E-state index is -0.506. The van der Waals surface area contributed by atoms with Crippen molar-refractivity contribution in [2.75, 3.05) is 29.9 Å². The number of carbonyl (C=O) groups is 2. The molecule has 24 heavy (non-hydrogen) atoms. The molecule has 1 aromatic rings. The number of hydrogen-bond donors (Lipinski definition) is 2. The van der Waals surface area contributed by atoms with Gasteiger partial charge in [-0.25, -0.2) is 0 Å². The first-order chi connectivity index (χ1) is 11.5. The van der Waals surface area contributed by atoms with Crippen LogP contribution in [0.25, 0.3) is 0 Å². The summed E-state index contributed by atoms with van der Waals surface area (Å²) in [6, 6.07) is 6.93. The molecule has 0 bridgehead atoms. The molecule has 1 saturated heterocycles. The van der Waals surface area contributed by atoms with Gasteiger partial charge in [0, 0.05) is 30.3 Å². The first-order valence-corrected chi connectivity index (χ1v) is 9.67. The summed E-state index contributed by atoms with van der Waals surface area (Å²) in [5.41, 5.74) is 7.61. The molecule has 1 aliphatic rings. The van der Waals surface area contributed by atoms with Gasteiger partial charge in [0.15, 0.2) is 0 Å². The van der Waals surface area contributed by atoms with Gasteiger partial charge in [-0.2, -0.15) is 11.8 Å². The van der Waals surface area contributed by atoms with E-state index in [-0.39, 0.29) is 17.7 Å². The molecule has 5 nitrogen and oxygen atoms in total. The van der Waals surface area contributed by atoms with Crippen LogP contribution in [0.1, 0.15) is 25.8 Å². The molecule has 0 radical (unpaired) electrons. The van der Waals surface area contributed by atoms with Crippen molar-refractivity contribution in [3.8, 4) is 0 Å². The van der Waals surface area contributed by atoms with Gasteiger partial charge in [0.1, 0.15) is 0 Å². The number of hydrogen-bond acceptors (Lipinski definition) is 4. The Morgan fingerprint density at radius 3 is 2.46 bits per heavy atom. The summed E-state index contributed by atoms with van der Waals surface area (Å²) in [7, 11) is 0. The Balaban J connectivity index is 1.88. The van der Waals surface area contributed by atoms with Crippen molar-refractivity contribution in [2.24, 2.45) is 11.7 Å². The van der Waals surface area contributed by atoms with E-state index in [1.165, 1.54) is 0 Å². The topological polar surface area (TPSA) is 75.4 Å². The molecule has 3 N–H and O–H groups in total. The number of nitrogens with one attached hydrogen (secondary N) is 1. The molecule has 1 heterocycles. The maximum absolute atomic E-state index is 12.3. The minimum absolute atomic E-state index is 0.143. The summed E-state index contributed by atoms with van der Waals surface area (Å²) in [5, 5.41) is 2.84. The van der Waals surface area contributed by atoms with E-state index < -0.39 is 6.04 Å². The maximum Gasteiger partial charge on any atom is 0.241 e. The van der Waals surface area contributed by atoms with Crippen LogP contribution in [-0.4, -0.2) is 47.4 Å². The van der Waals surface area contributed by atoms with Crippen LogP contribution in [0.2, 0.25) is 0 Å². The van der Waals surface area contributed by atoms with Crippen LogP contribution < -0.4 is 11.1 Å². The third-order valence-electron chi connectivity index (χ3n) is 4.50. The average molecular weight is 350 g/mol. The van der Waals surface area contributed by atoms with Crippen molar-refractivity contribution < 1.29 is 9.59 Å². The van der Waals surface area contributed by atoms with E-state index in [4.69, 9.17) is 5.73 Å². The number of carbonyl (C=O) groups excluding carboxylic acids is 2. The Hall–Kier alpha value is -1.53. The lowest BCUT2D eigenvalue weighted by Crippen LogP contribution is -2.40. The van der Waals surface area contributed by atoms with E-state index in [0.717, 1.165) is 36.6 Å². The molecule has 1 fully saturated rings. The van der Waals surface area contributed by atoms with Gasteiger partial charge in [0.25, 0.3) is 0 Å². The predicted octanol–water partition coefficient (Wildman–Crippen LogP) is 2.12. The maximum atomic E-state index is 12.3. The van der Waals surface area contributed by atoms with Crippen LogP contribution in [0, 0.1) is 5.92 Å². The fraction of sp³-hybridized carbons (Fsp3) is 0.556. The van der Waals surface area contributed by atoms with Gasteiger partial charge in [0.05, 0.1) is 12.5 Å². The second kappa shape index (κ2) is 9.08. The molecule has 132 valence electrons. The molecule has 0 aromatic heterocycles. The van der Waals surface area contributed by atoms with E-state index in [2.05, 4.69) is 5.32 Å². The molecule has 0 spiro atoms. The summed E-state index contributed by atoms with van der Waals surface area (Å²) in [5.74, 6) is 2.19. The van der Waals surface area contributed by atoms with E-state index in [9.17, 15) is 9.59 Å². The summed E-state index contributed by atoms with van der Waals surface area (Å²) in [6.45, 7) is 5.67. The molecule has 2 amide bonds. The molecule has 2 rings (SSSR count). The van der Waals surface area contributed by atoms with Crippen LogP contribution in [0.4, 0.5) is 5.69 Å². The van der Waals surface area contributed by atoms with Gasteiger partial charge in [0.2, 0.25) is 11.8 Å². The van der Waals surface area contributed by atoms with Gasteiger partial charge in [-0.15, -0.1) is 0 Å². The highest BCUT2D eigenvalue weighted by molar-refractivity contribution is 7.99. The number of amides is 2. The van der Waals surface area contributed by atoms with Gasteiger partial charge >= 0.3 is 0 Å². The highest BCUT2D eigenvalue weighted by Crippen LogP contribution is 2.15. The van der Waals surface area contributed by atoms with Crippen LogP contribution in [0.3, 0.4) is 0 Å². The summed E-state index contributed by atoms with van der Waals surface area (Å²) in [6.07, 6.45) is 1.27. The molecule has 0 aliphatic carbocycles. The number of nitrogens with two attached hydrogens (primary N) is 1. The average Bonchev–Trinajstić information content (AvgIpc) is 2.62. The minimum Gasteiger partial charge on any atom is -0.341 e. The lowest BCUT2D eigenvalue weighted by atomic mass is 9.99. The quantitative estimate of drug-likeness (QED) is 0.825. The third kappa shape index (κ3) is 5.24. The van der Waals surface area contributed by atoms with Crippen LogP contribution in [-0.2, 0) is 16.0 Å². The van der Waals surface area contributed by atoms with Crippen molar-refractivity contribution >= 4 is 29.3 Å². The molecule has 6 heteroatoms. The lowest BCUT2D eigenvalue weighted by molar-refractivity contribution is -0.130. The van der Waals surface area contributed by atoms with Crippen molar-refractivity contribution in [3.63, 3.8) is 0 Å². The lowest BCUT2D eigenvalue weighted by Gasteiger charge is -2.26. The molecule has 2 atom stereocenters. The Bertz CT molecular complexity index is 521. The fourth-order valence-electron chi connectivity index (χ4n) is 2.54. The SMILES string of the molecule is CCC(C)C(N)C(=O)Nc1ccc(CC(=O)N2CCSCC2)cc1. The fourth-order valence-corrected chi connectivity index (χ4v) is 3.45. The largest absolute Gasteiger partial charge is 0.341 e. The van der Waals surface area contributed by atoms with Crippen LogP contribution in [0.15, 0.2) is 24.3 Å². The summed E-state index contributed by atoms with van der Waals surface area (Å²) < 4.78 is 0. The van der Waals surface area contributed by atoms with Gasteiger partial charge in [-0.3, -0.25) is 9.59 Å². The number of nitrogens with zero attached hydrogens (tertiary/aromatic N) is 1. The second-order valence-electron chi connectivity index (χ2n) is 6.27. The number of thioether (sulfide) groups is 1. The Labute approximate surface area is 148 Å². The highest BCUT2D eigenvalue weighted by Gasteiger charge is 2.20. The zero-order valence-electron chi connectivity index (χ0n) is 14.5. The zero-order valence-corrected chi connectivity index (χ0v) is 15.3. The molecular formula is C18H27N3O2S. The van der Waals surface area contributed by atoms with Gasteiger partial charge in [-0.1, -0.05) is 32.4 Å². The van der Waals surface area contributed by atoms with E-state index in [1.807, 2.05) is 54.8 Å². The number of rotatable bonds is 6. The smallest absolute Gasteiger partial charge is 0.241 e. The summed E-state index contributed by atoms with van der Waals surface area (Å²) >= 11 is 1.89. The Morgan fingerprint density at radius 2 is 1.88 bits per heavy atom. The first-order valence-electron chi connectivity index (χ1n) is 8.52. The van der Waals surface area contributed by atoms with Crippen LogP contribution >= 0.6 is 11.8 Å². The monoisotopic (exact) mass is 349 g/mol. The molecule has 1 aliphatic heterocycles. The Morgan fingerprint density at radius 1 is 1.25 bits per heavy atom. The van der Waals surface area contributed by atoms with Crippen LogP contribution in [0.5, 0.6) is 0 Å². The molecule has 0 saturated carbocycles. The van der Waals surface area contributed by atoms with E-state index in [1.54, 1.807) is 0 Å². The number of benzene rings is 1. The Kier molecular flexibility index (Phi) is 7.12. The van der Waals surface area contributed by atoms with E-state index >= 15 is 0 Å². The normalized spacial score (nSPS) is 17.2. The zero-order chi connectivity index (χ0) is 17.5.